The van der Waals surface area contributed by atoms with Gasteiger partial charge in [0.15, 0.2) is 0 Å². The van der Waals surface area contributed by atoms with Gasteiger partial charge in [-0.2, -0.15) is 0 Å². The Morgan fingerprint density at radius 3 is 2.29 bits per heavy atom. The molecule has 0 atom stereocenters. The number of ether oxygens (including phenoxy) is 1. The number of rotatable bonds is 11. The summed E-state index contributed by atoms with van der Waals surface area (Å²) in [6.45, 7) is 4.49. The summed E-state index contributed by atoms with van der Waals surface area (Å²) in [4.78, 5) is 17.2. The molecule has 3 rings (SSSR count). The van der Waals surface area contributed by atoms with E-state index in [0.717, 1.165) is 49.3 Å². The molecule has 0 bridgehead atoms. The molecule has 0 spiro atoms. The average molecular weight is 422 g/mol. The van der Waals surface area contributed by atoms with Crippen molar-refractivity contribution < 1.29 is 9.53 Å². The van der Waals surface area contributed by atoms with Crippen molar-refractivity contribution in [2.75, 3.05) is 0 Å². The second-order valence-electron chi connectivity index (χ2n) is 9.17. The lowest BCUT2D eigenvalue weighted by Crippen LogP contribution is -2.25. The molecule has 0 N–H and O–H groups in total. The molecule has 1 aromatic heterocycles. The van der Waals surface area contributed by atoms with Gasteiger partial charge < -0.3 is 4.74 Å². The molecule has 31 heavy (non-hydrogen) atoms. The Labute approximate surface area is 188 Å². The fraction of sp³-hybridized carbons (Fsp3) is 0.571. The average Bonchev–Trinajstić information content (AvgIpc) is 2.81. The molecular formula is C28H39NO2. The number of unbranched alkanes of at least 4 members (excludes halogenated alkanes) is 4. The highest BCUT2D eigenvalue weighted by molar-refractivity contribution is 5.75. The zero-order chi connectivity index (χ0) is 21.9. The van der Waals surface area contributed by atoms with E-state index in [4.69, 9.17) is 4.74 Å². The van der Waals surface area contributed by atoms with E-state index in [0.29, 0.717) is 5.75 Å². The molecule has 1 aliphatic rings. The van der Waals surface area contributed by atoms with E-state index in [1.54, 1.807) is 0 Å². The van der Waals surface area contributed by atoms with Crippen LogP contribution in [-0.4, -0.2) is 11.0 Å². The summed E-state index contributed by atoms with van der Waals surface area (Å²) in [6, 6.07) is 12.0. The van der Waals surface area contributed by atoms with Crippen LogP contribution in [0.2, 0.25) is 0 Å². The van der Waals surface area contributed by atoms with Crippen LogP contribution in [-0.2, 0) is 11.2 Å². The van der Waals surface area contributed by atoms with Crippen molar-refractivity contribution in [3.05, 3.63) is 48.2 Å². The first-order valence-electron chi connectivity index (χ1n) is 12.5. The van der Waals surface area contributed by atoms with Crippen molar-refractivity contribution in [3.63, 3.8) is 0 Å². The topological polar surface area (TPSA) is 39.2 Å². The number of esters is 1. The predicted octanol–water partition coefficient (Wildman–Crippen LogP) is 7.77. The van der Waals surface area contributed by atoms with Gasteiger partial charge in [-0.25, -0.2) is 0 Å². The number of hydrogen-bond donors (Lipinski definition) is 0. The Kier molecular flexibility index (Phi) is 9.58. The fourth-order valence-corrected chi connectivity index (χ4v) is 4.66. The predicted molar refractivity (Wildman–Crippen MR) is 128 cm³/mol. The summed E-state index contributed by atoms with van der Waals surface area (Å²) in [5.74, 6) is 1.43. The first-order valence-corrected chi connectivity index (χ1v) is 12.5. The maximum absolute atomic E-state index is 12.5. The minimum Gasteiger partial charge on any atom is -0.426 e. The lowest BCUT2D eigenvalue weighted by atomic mass is 9.80. The minimum absolute atomic E-state index is 0.0592. The van der Waals surface area contributed by atoms with Gasteiger partial charge in [-0.3, -0.25) is 9.78 Å². The van der Waals surface area contributed by atoms with Crippen molar-refractivity contribution in [3.8, 4) is 17.0 Å². The van der Waals surface area contributed by atoms with Gasteiger partial charge in [-0.05, 0) is 80.3 Å². The van der Waals surface area contributed by atoms with Gasteiger partial charge in [0, 0.05) is 11.8 Å². The molecule has 168 valence electrons. The van der Waals surface area contributed by atoms with E-state index in [1.807, 2.05) is 30.5 Å². The first-order chi connectivity index (χ1) is 15.2. The van der Waals surface area contributed by atoms with Gasteiger partial charge in [0.2, 0.25) is 0 Å². The molecule has 1 aromatic carbocycles. The molecule has 0 amide bonds. The largest absolute Gasteiger partial charge is 0.426 e. The summed E-state index contributed by atoms with van der Waals surface area (Å²) in [6.07, 6.45) is 16.4. The number of hydrogen-bond acceptors (Lipinski definition) is 3. The van der Waals surface area contributed by atoms with Crippen molar-refractivity contribution in [2.45, 2.75) is 90.9 Å². The molecule has 0 saturated heterocycles. The highest BCUT2D eigenvalue weighted by Gasteiger charge is 2.27. The van der Waals surface area contributed by atoms with Crippen LogP contribution in [0.1, 0.15) is 90.0 Å². The monoisotopic (exact) mass is 421 g/mol. The maximum atomic E-state index is 12.5. The Balaban J connectivity index is 1.47. The van der Waals surface area contributed by atoms with Crippen LogP contribution >= 0.6 is 0 Å². The molecule has 1 fully saturated rings. The normalized spacial score (nSPS) is 18.6. The van der Waals surface area contributed by atoms with Gasteiger partial charge in [0.05, 0.1) is 11.6 Å². The highest BCUT2D eigenvalue weighted by atomic mass is 16.5. The highest BCUT2D eigenvalue weighted by Crippen LogP contribution is 2.32. The van der Waals surface area contributed by atoms with E-state index in [-0.39, 0.29) is 11.9 Å². The van der Waals surface area contributed by atoms with Gasteiger partial charge in [0.1, 0.15) is 5.75 Å². The summed E-state index contributed by atoms with van der Waals surface area (Å²) in [7, 11) is 0. The summed E-state index contributed by atoms with van der Waals surface area (Å²) >= 11 is 0. The summed E-state index contributed by atoms with van der Waals surface area (Å²) in [5, 5.41) is 0. The molecule has 1 heterocycles. The third kappa shape index (κ3) is 7.48. The van der Waals surface area contributed by atoms with Gasteiger partial charge in [0.25, 0.3) is 0 Å². The zero-order valence-corrected chi connectivity index (χ0v) is 19.4. The first kappa shape index (κ1) is 23.5. The molecule has 0 unspecified atom stereocenters. The number of carbonyl (C=O) groups is 1. The van der Waals surface area contributed by atoms with Crippen LogP contribution in [0.25, 0.3) is 11.3 Å². The lowest BCUT2D eigenvalue weighted by Gasteiger charge is -2.26. The SMILES string of the molecule is CCCCCCCc1ccc(-c2ccc(OC(=O)[C@H]3CC[C@H](CCC)CC3)cc2)nc1. The zero-order valence-electron chi connectivity index (χ0n) is 19.4. The second kappa shape index (κ2) is 12.6. The molecule has 1 saturated carbocycles. The van der Waals surface area contributed by atoms with Gasteiger partial charge in [-0.15, -0.1) is 0 Å². The Morgan fingerprint density at radius 2 is 1.65 bits per heavy atom. The van der Waals surface area contributed by atoms with Crippen LogP contribution in [0.15, 0.2) is 42.6 Å². The van der Waals surface area contributed by atoms with Crippen molar-refractivity contribution >= 4 is 5.97 Å². The van der Waals surface area contributed by atoms with Gasteiger partial charge >= 0.3 is 5.97 Å². The molecular weight excluding hydrogens is 382 g/mol. The third-order valence-electron chi connectivity index (χ3n) is 6.64. The molecule has 3 nitrogen and oxygen atoms in total. The van der Waals surface area contributed by atoms with Crippen LogP contribution < -0.4 is 4.74 Å². The molecule has 1 aliphatic carbocycles. The molecule has 0 aliphatic heterocycles. The quantitative estimate of drug-likeness (QED) is 0.211. The van der Waals surface area contributed by atoms with Crippen molar-refractivity contribution in [1.82, 2.24) is 4.98 Å². The maximum Gasteiger partial charge on any atom is 0.314 e. The molecule has 3 heteroatoms. The Morgan fingerprint density at radius 1 is 0.903 bits per heavy atom. The van der Waals surface area contributed by atoms with E-state index < -0.39 is 0 Å². The van der Waals surface area contributed by atoms with Crippen LogP contribution in [0, 0.1) is 11.8 Å². The number of aromatic nitrogens is 1. The number of aryl methyl sites for hydroxylation is 1. The molecule has 2 aromatic rings. The number of nitrogens with zero attached hydrogens (tertiary/aromatic N) is 1. The summed E-state index contributed by atoms with van der Waals surface area (Å²) in [5.41, 5.74) is 3.32. The third-order valence-corrected chi connectivity index (χ3v) is 6.64. The van der Waals surface area contributed by atoms with Gasteiger partial charge in [-0.1, -0.05) is 58.4 Å². The van der Waals surface area contributed by atoms with Crippen molar-refractivity contribution in [2.24, 2.45) is 11.8 Å². The van der Waals surface area contributed by atoms with E-state index in [9.17, 15) is 4.79 Å². The summed E-state index contributed by atoms with van der Waals surface area (Å²) < 4.78 is 5.67. The number of carbonyl (C=O) groups excluding carboxylic acids is 1. The lowest BCUT2D eigenvalue weighted by molar-refractivity contribution is -0.140. The minimum atomic E-state index is -0.0656. The second-order valence-corrected chi connectivity index (χ2v) is 9.17. The van der Waals surface area contributed by atoms with Crippen LogP contribution in [0.3, 0.4) is 0 Å². The molecule has 0 radical (unpaired) electrons. The Hall–Kier alpha value is -2.16. The van der Waals surface area contributed by atoms with Crippen molar-refractivity contribution in [1.29, 1.82) is 0 Å². The van der Waals surface area contributed by atoms with E-state index in [2.05, 4.69) is 31.0 Å². The standard InChI is InChI=1S/C28H39NO2/c1-3-5-6-7-8-10-23-13-20-27(29-21-23)24-16-18-26(19-17-24)31-28(30)25-14-11-22(9-4-2)12-15-25/h13,16-22,25H,3-12,14-15H2,1-2H3/t22-,25-. The fourth-order valence-electron chi connectivity index (χ4n) is 4.66. The van der Waals surface area contributed by atoms with Crippen LogP contribution in [0.4, 0.5) is 0 Å². The number of benzene rings is 1. The van der Waals surface area contributed by atoms with E-state index >= 15 is 0 Å². The Bertz CT molecular complexity index is 774. The number of pyridine rings is 1. The van der Waals surface area contributed by atoms with E-state index in [1.165, 1.54) is 50.5 Å². The smallest absolute Gasteiger partial charge is 0.314 e. The van der Waals surface area contributed by atoms with Crippen LogP contribution in [0.5, 0.6) is 5.75 Å².